The van der Waals surface area contributed by atoms with Crippen LogP contribution in [0.3, 0.4) is 0 Å². The number of esters is 1. The lowest BCUT2D eigenvalue weighted by Gasteiger charge is -2.41. The van der Waals surface area contributed by atoms with E-state index >= 15 is 0 Å². The van der Waals surface area contributed by atoms with Crippen molar-refractivity contribution in [2.24, 2.45) is 11.3 Å². The van der Waals surface area contributed by atoms with Crippen LogP contribution < -0.4 is 0 Å². The van der Waals surface area contributed by atoms with Crippen molar-refractivity contribution in [1.82, 2.24) is 0 Å². The standard InChI is InChI=1S/C22H35F3O8S/c1-14(15(2)33-34(28,29)22(23,24)25)11-16-8-9-18-21(13-26,32-16)12-17(31-18)7-6-10-30-19(27)20(3,4)5/h14,16-18,26H,2,6-13H2,1,3-5H3/t14-,16?,17+,18?,21-/m1/s1. The second kappa shape index (κ2) is 10.7. The molecular weight excluding hydrogens is 481 g/mol. The van der Waals surface area contributed by atoms with Gasteiger partial charge in [-0.3, -0.25) is 4.79 Å². The van der Waals surface area contributed by atoms with Gasteiger partial charge in [0.15, 0.2) is 0 Å². The van der Waals surface area contributed by atoms with Gasteiger partial charge in [0.25, 0.3) is 0 Å². The van der Waals surface area contributed by atoms with Gasteiger partial charge < -0.3 is 23.5 Å². The zero-order valence-electron chi connectivity index (χ0n) is 20.0. The van der Waals surface area contributed by atoms with E-state index in [1.165, 1.54) is 6.92 Å². The zero-order chi connectivity index (χ0) is 25.9. The minimum atomic E-state index is -5.78. The van der Waals surface area contributed by atoms with E-state index in [0.717, 1.165) is 0 Å². The minimum Gasteiger partial charge on any atom is -0.465 e. The van der Waals surface area contributed by atoms with Crippen LogP contribution in [0.5, 0.6) is 0 Å². The van der Waals surface area contributed by atoms with Gasteiger partial charge >= 0.3 is 21.6 Å². The van der Waals surface area contributed by atoms with Gasteiger partial charge in [0.1, 0.15) is 11.4 Å². The molecule has 0 bridgehead atoms. The molecular formula is C22H35F3O8S. The topological polar surface area (TPSA) is 108 Å². The average molecular weight is 517 g/mol. The van der Waals surface area contributed by atoms with Crippen molar-refractivity contribution >= 4 is 16.1 Å². The molecule has 2 aliphatic rings. The highest BCUT2D eigenvalue weighted by Gasteiger charge is 2.53. The molecule has 12 heteroatoms. The van der Waals surface area contributed by atoms with E-state index in [1.807, 2.05) is 0 Å². The maximum absolute atomic E-state index is 12.6. The van der Waals surface area contributed by atoms with Gasteiger partial charge in [0.2, 0.25) is 0 Å². The third-order valence-electron chi connectivity index (χ3n) is 6.12. The Hall–Kier alpha value is -1.37. The lowest BCUT2D eigenvalue weighted by Crippen LogP contribution is -2.51. The van der Waals surface area contributed by atoms with E-state index in [0.29, 0.717) is 32.1 Å². The third kappa shape index (κ3) is 7.08. The fraction of sp³-hybridized carbons (Fsp3) is 0.864. The Labute approximate surface area is 198 Å². The van der Waals surface area contributed by atoms with E-state index in [4.69, 9.17) is 14.2 Å². The number of ether oxygens (including phenoxy) is 3. The molecule has 198 valence electrons. The van der Waals surface area contributed by atoms with Crippen molar-refractivity contribution in [3.63, 3.8) is 0 Å². The number of allylic oxidation sites excluding steroid dienone is 1. The summed E-state index contributed by atoms with van der Waals surface area (Å²) in [6.45, 7) is 10.1. The maximum atomic E-state index is 12.6. The number of fused-ring (bicyclic) bond motifs is 1. The second-order valence-electron chi connectivity index (χ2n) is 10.1. The highest BCUT2D eigenvalue weighted by Crippen LogP contribution is 2.44. The summed E-state index contributed by atoms with van der Waals surface area (Å²) in [5, 5.41) is 10.1. The summed E-state index contributed by atoms with van der Waals surface area (Å²) in [6.07, 6.45) is 1.91. The number of hydrogen-bond donors (Lipinski definition) is 1. The molecule has 2 rings (SSSR count). The van der Waals surface area contributed by atoms with Gasteiger partial charge in [0.05, 0.1) is 36.9 Å². The summed E-state index contributed by atoms with van der Waals surface area (Å²) >= 11 is 0. The van der Waals surface area contributed by atoms with Gasteiger partial charge in [0, 0.05) is 12.3 Å². The molecule has 2 aliphatic heterocycles. The van der Waals surface area contributed by atoms with E-state index < -0.39 is 44.4 Å². The molecule has 0 aromatic heterocycles. The third-order valence-corrected chi connectivity index (χ3v) is 7.12. The number of halogens is 3. The average Bonchev–Trinajstić information content (AvgIpc) is 3.07. The van der Waals surface area contributed by atoms with Gasteiger partial charge in [-0.25, -0.2) is 0 Å². The summed E-state index contributed by atoms with van der Waals surface area (Å²) in [6, 6.07) is 0. The molecule has 0 radical (unpaired) electrons. The molecule has 0 amide bonds. The smallest absolute Gasteiger partial charge is 0.465 e. The predicted octanol–water partition coefficient (Wildman–Crippen LogP) is 3.83. The summed E-state index contributed by atoms with van der Waals surface area (Å²) in [4.78, 5) is 11.9. The Kier molecular flexibility index (Phi) is 9.10. The first-order valence-corrected chi connectivity index (χ1v) is 12.7. The Morgan fingerprint density at radius 1 is 1.24 bits per heavy atom. The number of carbonyl (C=O) groups excluding carboxylic acids is 1. The van der Waals surface area contributed by atoms with Crippen molar-refractivity contribution in [1.29, 1.82) is 0 Å². The molecule has 2 saturated heterocycles. The van der Waals surface area contributed by atoms with Crippen LogP contribution >= 0.6 is 0 Å². The van der Waals surface area contributed by atoms with Gasteiger partial charge in [-0.1, -0.05) is 13.5 Å². The number of hydrogen-bond acceptors (Lipinski definition) is 8. The summed E-state index contributed by atoms with van der Waals surface area (Å²) in [5.41, 5.74) is -7.06. The highest BCUT2D eigenvalue weighted by atomic mass is 32.2. The van der Waals surface area contributed by atoms with Crippen molar-refractivity contribution in [3.8, 4) is 0 Å². The van der Waals surface area contributed by atoms with Crippen molar-refractivity contribution < 1.29 is 49.9 Å². The molecule has 0 saturated carbocycles. The SMILES string of the molecule is C=C(OS(=O)(=O)C(F)(F)F)[C@H](C)CC1CCC2O[C@@H](CCCOC(=O)C(C)(C)C)C[C@]2(CO)O1. The Morgan fingerprint density at radius 3 is 2.44 bits per heavy atom. The summed E-state index contributed by atoms with van der Waals surface area (Å²) in [5.74, 6) is -1.54. The molecule has 1 N–H and O–H groups in total. The van der Waals surface area contributed by atoms with Crippen LogP contribution in [0.25, 0.3) is 0 Å². The van der Waals surface area contributed by atoms with Crippen LogP contribution in [0.15, 0.2) is 12.3 Å². The van der Waals surface area contributed by atoms with E-state index in [-0.39, 0.29) is 37.8 Å². The summed E-state index contributed by atoms with van der Waals surface area (Å²) < 4.78 is 81.7. The lowest BCUT2D eigenvalue weighted by molar-refractivity contribution is -0.185. The van der Waals surface area contributed by atoms with Crippen molar-refractivity contribution in [2.45, 2.75) is 95.6 Å². The first-order valence-electron chi connectivity index (χ1n) is 11.3. The van der Waals surface area contributed by atoms with Crippen LogP contribution in [0, 0.1) is 11.3 Å². The predicted molar refractivity (Wildman–Crippen MR) is 116 cm³/mol. The molecule has 2 fully saturated rings. The fourth-order valence-electron chi connectivity index (χ4n) is 4.13. The molecule has 2 unspecified atom stereocenters. The Morgan fingerprint density at radius 2 is 1.88 bits per heavy atom. The van der Waals surface area contributed by atoms with Crippen molar-refractivity contribution in [3.05, 3.63) is 12.3 Å². The molecule has 0 aliphatic carbocycles. The fourth-order valence-corrected chi connectivity index (χ4v) is 4.67. The minimum absolute atomic E-state index is 0.175. The quantitative estimate of drug-likeness (QED) is 0.153. The van der Waals surface area contributed by atoms with Crippen molar-refractivity contribution in [2.75, 3.05) is 13.2 Å². The van der Waals surface area contributed by atoms with E-state index in [9.17, 15) is 31.5 Å². The monoisotopic (exact) mass is 516 g/mol. The van der Waals surface area contributed by atoms with Crippen LogP contribution in [-0.2, 0) is 33.3 Å². The Bertz CT molecular complexity index is 836. The lowest BCUT2D eigenvalue weighted by atomic mass is 9.85. The second-order valence-corrected chi connectivity index (χ2v) is 11.6. The maximum Gasteiger partial charge on any atom is 0.534 e. The molecule has 34 heavy (non-hydrogen) atoms. The van der Waals surface area contributed by atoms with Gasteiger partial charge in [-0.2, -0.15) is 21.6 Å². The number of carbonyl (C=O) groups is 1. The molecule has 0 aromatic rings. The number of aliphatic hydroxyl groups excluding tert-OH is 1. The first kappa shape index (κ1) is 28.9. The van der Waals surface area contributed by atoms with Crippen LogP contribution in [0.4, 0.5) is 13.2 Å². The van der Waals surface area contributed by atoms with Crippen LogP contribution in [0.2, 0.25) is 0 Å². The molecule has 0 aromatic carbocycles. The van der Waals surface area contributed by atoms with E-state index in [2.05, 4.69) is 10.8 Å². The number of rotatable bonds is 10. The highest BCUT2D eigenvalue weighted by molar-refractivity contribution is 7.87. The molecule has 5 atom stereocenters. The van der Waals surface area contributed by atoms with Crippen LogP contribution in [-0.4, -0.2) is 62.1 Å². The van der Waals surface area contributed by atoms with Gasteiger partial charge in [-0.05, 0) is 52.9 Å². The molecule has 0 spiro atoms. The number of aliphatic hydroxyl groups is 1. The zero-order valence-corrected chi connectivity index (χ0v) is 20.8. The summed E-state index contributed by atoms with van der Waals surface area (Å²) in [7, 11) is -5.78. The Balaban J connectivity index is 1.88. The van der Waals surface area contributed by atoms with Crippen LogP contribution in [0.1, 0.15) is 66.2 Å². The van der Waals surface area contributed by atoms with Gasteiger partial charge in [-0.15, -0.1) is 0 Å². The normalized spacial score (nSPS) is 28.8. The number of alkyl halides is 3. The first-order chi connectivity index (χ1) is 15.5. The largest absolute Gasteiger partial charge is 0.534 e. The molecule has 8 nitrogen and oxygen atoms in total. The molecule has 2 heterocycles. The van der Waals surface area contributed by atoms with E-state index in [1.54, 1.807) is 20.8 Å².